The minimum absolute atomic E-state index is 0.0997. The summed E-state index contributed by atoms with van der Waals surface area (Å²) in [5.74, 6) is -0.380. The summed E-state index contributed by atoms with van der Waals surface area (Å²) >= 11 is 0. The van der Waals surface area contributed by atoms with Crippen molar-refractivity contribution < 1.29 is 9.18 Å². The fraction of sp³-hybridized carbons (Fsp3) is 0.231. The smallest absolute Gasteiger partial charge is 0.243 e. The van der Waals surface area contributed by atoms with Crippen LogP contribution in [0.15, 0.2) is 43.0 Å². The third kappa shape index (κ3) is 2.94. The average molecular weight is 247 g/mol. The Morgan fingerprint density at radius 2 is 2.17 bits per heavy atom. The Hall–Kier alpha value is -2.17. The molecule has 94 valence electrons. The number of carbonyl (C=O) groups excluding carboxylic acids is 1. The SMILES string of the molecule is CC(C(=O)NCc1ccc(F)cc1)n1ccnc1. The molecule has 0 saturated carbocycles. The number of hydrogen-bond donors (Lipinski definition) is 1. The number of benzene rings is 1. The van der Waals surface area contributed by atoms with Crippen LogP contribution in [-0.2, 0) is 11.3 Å². The fourth-order valence-corrected chi connectivity index (χ4v) is 1.57. The van der Waals surface area contributed by atoms with Gasteiger partial charge in [0, 0.05) is 18.9 Å². The van der Waals surface area contributed by atoms with Gasteiger partial charge in [-0.3, -0.25) is 4.79 Å². The summed E-state index contributed by atoms with van der Waals surface area (Å²) in [5, 5.41) is 2.80. The molecule has 1 heterocycles. The molecule has 0 aliphatic carbocycles. The van der Waals surface area contributed by atoms with Crippen molar-refractivity contribution in [3.05, 3.63) is 54.4 Å². The number of aromatic nitrogens is 2. The van der Waals surface area contributed by atoms with Crippen molar-refractivity contribution >= 4 is 5.91 Å². The van der Waals surface area contributed by atoms with Crippen molar-refractivity contribution in [1.82, 2.24) is 14.9 Å². The Labute approximate surface area is 104 Å². The van der Waals surface area contributed by atoms with Crippen LogP contribution in [0.5, 0.6) is 0 Å². The number of nitrogens with one attached hydrogen (secondary N) is 1. The summed E-state index contributed by atoms with van der Waals surface area (Å²) < 4.78 is 14.4. The number of imidazole rings is 1. The lowest BCUT2D eigenvalue weighted by Gasteiger charge is -2.13. The lowest BCUT2D eigenvalue weighted by Crippen LogP contribution is -2.30. The van der Waals surface area contributed by atoms with E-state index in [0.717, 1.165) is 5.56 Å². The van der Waals surface area contributed by atoms with Gasteiger partial charge in [-0.1, -0.05) is 12.1 Å². The Kier molecular flexibility index (Phi) is 3.72. The first-order valence-electron chi connectivity index (χ1n) is 5.66. The zero-order valence-corrected chi connectivity index (χ0v) is 10.0. The van der Waals surface area contributed by atoms with Crippen molar-refractivity contribution in [1.29, 1.82) is 0 Å². The van der Waals surface area contributed by atoms with Gasteiger partial charge >= 0.3 is 0 Å². The van der Waals surface area contributed by atoms with Gasteiger partial charge < -0.3 is 9.88 Å². The zero-order valence-electron chi connectivity index (χ0n) is 10.0. The third-order valence-electron chi connectivity index (χ3n) is 2.73. The number of carbonyl (C=O) groups is 1. The molecule has 0 saturated heterocycles. The van der Waals surface area contributed by atoms with Crippen LogP contribution in [0.3, 0.4) is 0 Å². The van der Waals surface area contributed by atoms with E-state index in [2.05, 4.69) is 10.3 Å². The van der Waals surface area contributed by atoms with Crippen LogP contribution in [-0.4, -0.2) is 15.5 Å². The predicted octanol–water partition coefficient (Wildman–Crippen LogP) is 1.90. The minimum Gasteiger partial charge on any atom is -0.350 e. The van der Waals surface area contributed by atoms with Gasteiger partial charge in [-0.15, -0.1) is 0 Å². The van der Waals surface area contributed by atoms with E-state index in [1.807, 2.05) is 0 Å². The predicted molar refractivity (Wildman–Crippen MR) is 65.2 cm³/mol. The van der Waals surface area contributed by atoms with Gasteiger partial charge in [0.05, 0.1) is 6.33 Å². The van der Waals surface area contributed by atoms with Crippen LogP contribution in [0.1, 0.15) is 18.5 Å². The Balaban J connectivity index is 1.90. The molecule has 1 unspecified atom stereocenters. The quantitative estimate of drug-likeness (QED) is 0.897. The van der Waals surface area contributed by atoms with Crippen LogP contribution in [0.4, 0.5) is 4.39 Å². The highest BCUT2D eigenvalue weighted by atomic mass is 19.1. The molecule has 0 spiro atoms. The summed E-state index contributed by atoms with van der Waals surface area (Å²) in [6.45, 7) is 2.18. The van der Waals surface area contributed by atoms with Gasteiger partial charge in [0.15, 0.2) is 0 Å². The zero-order chi connectivity index (χ0) is 13.0. The molecule has 0 aliphatic heterocycles. The summed E-state index contributed by atoms with van der Waals surface area (Å²) in [7, 11) is 0. The first-order chi connectivity index (χ1) is 8.66. The highest BCUT2D eigenvalue weighted by molar-refractivity contribution is 5.79. The van der Waals surface area contributed by atoms with Crippen molar-refractivity contribution in [2.45, 2.75) is 19.5 Å². The molecule has 1 aromatic carbocycles. The molecule has 1 N–H and O–H groups in total. The molecule has 4 nitrogen and oxygen atoms in total. The van der Waals surface area contributed by atoms with Crippen LogP contribution < -0.4 is 5.32 Å². The first kappa shape index (κ1) is 12.3. The van der Waals surface area contributed by atoms with Crippen LogP contribution in [0, 0.1) is 5.82 Å². The van der Waals surface area contributed by atoms with Crippen LogP contribution in [0.2, 0.25) is 0 Å². The molecule has 1 atom stereocenters. The first-order valence-corrected chi connectivity index (χ1v) is 5.66. The largest absolute Gasteiger partial charge is 0.350 e. The highest BCUT2D eigenvalue weighted by Gasteiger charge is 2.13. The van der Waals surface area contributed by atoms with E-state index in [1.165, 1.54) is 12.1 Å². The van der Waals surface area contributed by atoms with E-state index < -0.39 is 0 Å². The lowest BCUT2D eigenvalue weighted by atomic mass is 10.2. The molecule has 2 rings (SSSR count). The Bertz CT molecular complexity index is 508. The van der Waals surface area contributed by atoms with E-state index in [-0.39, 0.29) is 17.8 Å². The van der Waals surface area contributed by atoms with Crippen molar-refractivity contribution in [2.75, 3.05) is 0 Å². The van der Waals surface area contributed by atoms with Crippen molar-refractivity contribution in [3.8, 4) is 0 Å². The number of nitrogens with zero attached hydrogens (tertiary/aromatic N) is 2. The Morgan fingerprint density at radius 3 is 2.78 bits per heavy atom. The van der Waals surface area contributed by atoms with Gasteiger partial charge in [0.2, 0.25) is 5.91 Å². The van der Waals surface area contributed by atoms with Crippen molar-refractivity contribution in [3.63, 3.8) is 0 Å². The summed E-state index contributed by atoms with van der Waals surface area (Å²) in [4.78, 5) is 15.7. The van der Waals surface area contributed by atoms with Crippen LogP contribution >= 0.6 is 0 Å². The van der Waals surface area contributed by atoms with E-state index in [1.54, 1.807) is 42.3 Å². The van der Waals surface area contributed by atoms with E-state index in [9.17, 15) is 9.18 Å². The molecule has 5 heteroatoms. The van der Waals surface area contributed by atoms with E-state index >= 15 is 0 Å². The summed E-state index contributed by atoms with van der Waals surface area (Å²) in [6.07, 6.45) is 4.97. The second-order valence-corrected chi connectivity index (χ2v) is 4.03. The molecule has 0 bridgehead atoms. The minimum atomic E-state index is -0.312. The molecular formula is C13H14FN3O. The van der Waals surface area contributed by atoms with Gasteiger partial charge in [0.25, 0.3) is 0 Å². The highest BCUT2D eigenvalue weighted by Crippen LogP contribution is 2.06. The fourth-order valence-electron chi connectivity index (χ4n) is 1.57. The van der Waals surface area contributed by atoms with Gasteiger partial charge in [-0.05, 0) is 24.6 Å². The number of hydrogen-bond acceptors (Lipinski definition) is 2. The third-order valence-corrected chi connectivity index (χ3v) is 2.73. The maximum absolute atomic E-state index is 12.7. The maximum Gasteiger partial charge on any atom is 0.243 e. The number of halogens is 1. The monoisotopic (exact) mass is 247 g/mol. The standard InChI is InChI=1S/C13H14FN3O/c1-10(17-7-6-15-9-17)13(18)16-8-11-2-4-12(14)5-3-11/h2-7,9-10H,8H2,1H3,(H,16,18). The Morgan fingerprint density at radius 1 is 1.44 bits per heavy atom. The second-order valence-electron chi connectivity index (χ2n) is 4.03. The molecule has 0 fully saturated rings. The number of amides is 1. The molecule has 0 aliphatic rings. The molecule has 2 aromatic rings. The topological polar surface area (TPSA) is 46.9 Å². The number of rotatable bonds is 4. The van der Waals surface area contributed by atoms with Crippen LogP contribution in [0.25, 0.3) is 0 Å². The maximum atomic E-state index is 12.7. The molecule has 0 radical (unpaired) electrons. The normalized spacial score (nSPS) is 12.1. The van der Waals surface area contributed by atoms with Gasteiger partial charge in [-0.2, -0.15) is 0 Å². The second kappa shape index (κ2) is 5.44. The molecule has 1 aromatic heterocycles. The van der Waals surface area contributed by atoms with Crippen molar-refractivity contribution in [2.24, 2.45) is 0 Å². The molecular weight excluding hydrogens is 233 g/mol. The summed E-state index contributed by atoms with van der Waals surface area (Å²) in [6, 6.07) is 5.74. The molecule has 18 heavy (non-hydrogen) atoms. The summed E-state index contributed by atoms with van der Waals surface area (Å²) in [5.41, 5.74) is 0.864. The van der Waals surface area contributed by atoms with Gasteiger partial charge in [-0.25, -0.2) is 9.37 Å². The molecule has 1 amide bonds. The van der Waals surface area contributed by atoms with Gasteiger partial charge in [0.1, 0.15) is 11.9 Å². The van der Waals surface area contributed by atoms with E-state index in [0.29, 0.717) is 6.54 Å². The lowest BCUT2D eigenvalue weighted by molar-refractivity contribution is -0.124. The van der Waals surface area contributed by atoms with E-state index in [4.69, 9.17) is 0 Å². The average Bonchev–Trinajstić information content (AvgIpc) is 2.90.